The van der Waals surface area contributed by atoms with Crippen molar-refractivity contribution in [2.45, 2.75) is 13.5 Å². The first kappa shape index (κ1) is 18.3. The molecule has 3 rings (SSSR count). The van der Waals surface area contributed by atoms with Gasteiger partial charge in [-0.25, -0.2) is 4.39 Å². The Balaban J connectivity index is 1.68. The van der Waals surface area contributed by atoms with Gasteiger partial charge in [0, 0.05) is 45.8 Å². The van der Waals surface area contributed by atoms with E-state index in [1.165, 1.54) is 11.0 Å². The third-order valence-electron chi connectivity index (χ3n) is 4.89. The van der Waals surface area contributed by atoms with Crippen molar-refractivity contribution in [1.29, 1.82) is 0 Å². The number of hydrogen-bond acceptors (Lipinski definition) is 5. The van der Waals surface area contributed by atoms with E-state index in [2.05, 4.69) is 22.0 Å². The molecule has 1 saturated heterocycles. The molecule has 0 N–H and O–H groups in total. The van der Waals surface area contributed by atoms with Crippen molar-refractivity contribution >= 4 is 11.6 Å². The molecule has 0 aliphatic carbocycles. The fourth-order valence-corrected chi connectivity index (χ4v) is 3.16. The first-order chi connectivity index (χ1) is 12.5. The molecule has 0 bridgehead atoms. The maximum Gasteiger partial charge on any atom is 0.254 e. The second-order valence-corrected chi connectivity index (χ2v) is 6.61. The molecule has 140 valence electrons. The molecule has 1 fully saturated rings. The molecule has 0 saturated carbocycles. The Labute approximate surface area is 153 Å². The summed E-state index contributed by atoms with van der Waals surface area (Å²) in [6, 6.07) is 4.73. The van der Waals surface area contributed by atoms with E-state index in [1.54, 1.807) is 30.1 Å². The second kappa shape index (κ2) is 7.82. The van der Waals surface area contributed by atoms with Gasteiger partial charge >= 0.3 is 0 Å². The molecule has 8 heteroatoms. The number of amides is 1. The van der Waals surface area contributed by atoms with E-state index in [4.69, 9.17) is 0 Å². The van der Waals surface area contributed by atoms with Crippen molar-refractivity contribution in [1.82, 2.24) is 24.6 Å². The number of halogens is 1. The highest BCUT2D eigenvalue weighted by atomic mass is 19.1. The van der Waals surface area contributed by atoms with Crippen molar-refractivity contribution in [3.63, 3.8) is 0 Å². The summed E-state index contributed by atoms with van der Waals surface area (Å²) in [6.07, 6.45) is 1.58. The zero-order valence-corrected chi connectivity index (χ0v) is 15.5. The Bertz CT molecular complexity index is 769. The van der Waals surface area contributed by atoms with Crippen LogP contribution in [0.2, 0.25) is 0 Å². The molecule has 1 amide bonds. The zero-order chi connectivity index (χ0) is 18.7. The lowest BCUT2D eigenvalue weighted by molar-refractivity contribution is 0.0780. The third-order valence-corrected chi connectivity index (χ3v) is 4.89. The van der Waals surface area contributed by atoms with E-state index in [9.17, 15) is 9.18 Å². The summed E-state index contributed by atoms with van der Waals surface area (Å²) >= 11 is 0. The number of piperazine rings is 1. The van der Waals surface area contributed by atoms with E-state index in [0.717, 1.165) is 32.7 Å². The number of hydrogen-bond donors (Lipinski definition) is 0. The van der Waals surface area contributed by atoms with Crippen LogP contribution in [-0.4, -0.2) is 70.2 Å². The van der Waals surface area contributed by atoms with Crippen molar-refractivity contribution < 1.29 is 9.18 Å². The fraction of sp³-hybridized carbons (Fsp3) is 0.500. The Hall–Kier alpha value is -2.48. The van der Waals surface area contributed by atoms with Crippen molar-refractivity contribution in [2.24, 2.45) is 7.05 Å². The van der Waals surface area contributed by atoms with E-state index in [1.807, 2.05) is 11.9 Å². The van der Waals surface area contributed by atoms with Crippen LogP contribution < -0.4 is 4.90 Å². The molecule has 1 aromatic heterocycles. The molecule has 2 heterocycles. The molecule has 0 spiro atoms. The quantitative estimate of drug-likeness (QED) is 0.806. The fourth-order valence-electron chi connectivity index (χ4n) is 3.16. The van der Waals surface area contributed by atoms with Crippen LogP contribution in [0.25, 0.3) is 0 Å². The van der Waals surface area contributed by atoms with Gasteiger partial charge in [-0.1, -0.05) is 6.92 Å². The lowest BCUT2D eigenvalue weighted by Gasteiger charge is -2.35. The Morgan fingerprint density at radius 3 is 2.58 bits per heavy atom. The minimum absolute atomic E-state index is 0.241. The summed E-state index contributed by atoms with van der Waals surface area (Å²) in [6.45, 7) is 6.91. The standard InChI is InChI=1S/C18H25FN6O/c1-4-24-7-9-25(10-8-24)16-6-5-14(11-15(16)19)18(26)22(2)12-17-21-20-13-23(17)3/h5-6,11,13H,4,7-10,12H2,1-3H3. The van der Waals surface area contributed by atoms with Gasteiger partial charge in [0.25, 0.3) is 5.91 Å². The highest BCUT2D eigenvalue weighted by molar-refractivity contribution is 5.94. The average molecular weight is 360 g/mol. The molecule has 7 nitrogen and oxygen atoms in total. The number of carbonyl (C=O) groups excluding carboxylic acids is 1. The topological polar surface area (TPSA) is 57.5 Å². The number of aromatic nitrogens is 3. The minimum atomic E-state index is -0.354. The number of aryl methyl sites for hydroxylation is 1. The summed E-state index contributed by atoms with van der Waals surface area (Å²) in [7, 11) is 3.49. The van der Waals surface area contributed by atoms with Crippen LogP contribution in [0.15, 0.2) is 24.5 Å². The van der Waals surface area contributed by atoms with Crippen molar-refractivity contribution in [3.8, 4) is 0 Å². The third kappa shape index (κ3) is 3.85. The Kier molecular flexibility index (Phi) is 5.51. The van der Waals surface area contributed by atoms with Gasteiger partial charge in [-0.3, -0.25) is 4.79 Å². The van der Waals surface area contributed by atoms with Crippen LogP contribution in [-0.2, 0) is 13.6 Å². The van der Waals surface area contributed by atoms with Gasteiger partial charge in [0.1, 0.15) is 12.1 Å². The number of likely N-dealkylation sites (N-methyl/N-ethyl adjacent to an activating group) is 1. The highest BCUT2D eigenvalue weighted by Crippen LogP contribution is 2.22. The number of rotatable bonds is 5. The van der Waals surface area contributed by atoms with Gasteiger partial charge in [0.2, 0.25) is 0 Å². The molecule has 1 aromatic carbocycles. The molecule has 1 aliphatic rings. The zero-order valence-electron chi connectivity index (χ0n) is 15.5. The van der Waals surface area contributed by atoms with Crippen LogP contribution in [0.4, 0.5) is 10.1 Å². The van der Waals surface area contributed by atoms with Gasteiger partial charge in [-0.05, 0) is 24.7 Å². The molecule has 0 radical (unpaired) electrons. The number of nitrogens with zero attached hydrogens (tertiary/aromatic N) is 6. The summed E-state index contributed by atoms with van der Waals surface area (Å²) in [5.41, 5.74) is 0.899. The first-order valence-electron chi connectivity index (χ1n) is 8.84. The van der Waals surface area contributed by atoms with Gasteiger partial charge in [0.05, 0.1) is 12.2 Å². The summed E-state index contributed by atoms with van der Waals surface area (Å²) < 4.78 is 16.4. The van der Waals surface area contributed by atoms with Crippen LogP contribution in [0, 0.1) is 5.82 Å². The SMILES string of the molecule is CCN1CCN(c2ccc(C(=O)N(C)Cc3nncn3C)cc2F)CC1. The lowest BCUT2D eigenvalue weighted by Crippen LogP contribution is -2.46. The van der Waals surface area contributed by atoms with E-state index in [0.29, 0.717) is 23.6 Å². The van der Waals surface area contributed by atoms with Crippen LogP contribution in [0.3, 0.4) is 0 Å². The summed E-state index contributed by atoms with van der Waals surface area (Å²) in [4.78, 5) is 18.5. The first-order valence-corrected chi connectivity index (χ1v) is 8.84. The minimum Gasteiger partial charge on any atom is -0.367 e. The molecular formula is C18H25FN6O. The summed E-state index contributed by atoms with van der Waals surface area (Å²) in [5.74, 6) is 0.0776. The Morgan fingerprint density at radius 1 is 1.27 bits per heavy atom. The molecule has 2 aromatic rings. The number of carbonyl (C=O) groups is 1. The molecule has 0 unspecified atom stereocenters. The second-order valence-electron chi connectivity index (χ2n) is 6.61. The van der Waals surface area contributed by atoms with E-state index < -0.39 is 0 Å². The predicted octanol–water partition coefficient (Wildman–Crippen LogP) is 1.37. The van der Waals surface area contributed by atoms with E-state index in [-0.39, 0.29) is 11.7 Å². The maximum absolute atomic E-state index is 14.6. The van der Waals surface area contributed by atoms with Crippen LogP contribution >= 0.6 is 0 Å². The number of anilines is 1. The van der Waals surface area contributed by atoms with Gasteiger partial charge in [-0.2, -0.15) is 0 Å². The summed E-state index contributed by atoms with van der Waals surface area (Å²) in [5, 5.41) is 7.77. The molecular weight excluding hydrogens is 335 g/mol. The normalized spacial score (nSPS) is 15.3. The van der Waals surface area contributed by atoms with Gasteiger partial charge < -0.3 is 19.3 Å². The van der Waals surface area contributed by atoms with Crippen LogP contribution in [0.1, 0.15) is 23.1 Å². The molecule has 1 aliphatic heterocycles. The average Bonchev–Trinajstić information content (AvgIpc) is 3.05. The Morgan fingerprint density at radius 2 is 2.00 bits per heavy atom. The smallest absolute Gasteiger partial charge is 0.254 e. The van der Waals surface area contributed by atoms with Crippen molar-refractivity contribution in [3.05, 3.63) is 41.7 Å². The predicted molar refractivity (Wildman–Crippen MR) is 97.5 cm³/mol. The van der Waals surface area contributed by atoms with Gasteiger partial charge in [-0.15, -0.1) is 10.2 Å². The largest absolute Gasteiger partial charge is 0.367 e. The van der Waals surface area contributed by atoms with Gasteiger partial charge in [0.15, 0.2) is 5.82 Å². The van der Waals surface area contributed by atoms with Crippen molar-refractivity contribution in [2.75, 3.05) is 44.7 Å². The monoisotopic (exact) mass is 360 g/mol. The maximum atomic E-state index is 14.6. The molecule has 0 atom stereocenters. The number of benzene rings is 1. The highest BCUT2D eigenvalue weighted by Gasteiger charge is 2.21. The lowest BCUT2D eigenvalue weighted by atomic mass is 10.1. The molecule has 26 heavy (non-hydrogen) atoms. The van der Waals surface area contributed by atoms with Crippen LogP contribution in [0.5, 0.6) is 0 Å². The van der Waals surface area contributed by atoms with E-state index >= 15 is 0 Å².